The predicted octanol–water partition coefficient (Wildman–Crippen LogP) is -2.16. The molecule has 100 valence electrons. The average molecular weight is 299 g/mol. The van der Waals surface area contributed by atoms with Crippen LogP contribution in [0.2, 0.25) is 25.7 Å². The maximum atomic E-state index is 5.38. The highest BCUT2D eigenvalue weighted by Crippen LogP contribution is 1.95. The van der Waals surface area contributed by atoms with Gasteiger partial charge < -0.3 is 19.3 Å². The SMILES string of the molecule is C[SiH](C)O[SiH3].C[SiH](CCCNCCN)O[SiH3]. The summed E-state index contributed by atoms with van der Waals surface area (Å²) >= 11 is 0. The summed E-state index contributed by atoms with van der Waals surface area (Å²) in [5.41, 5.74) is 5.32. The van der Waals surface area contributed by atoms with Crippen molar-refractivity contribution < 1.29 is 8.23 Å². The Morgan fingerprint density at radius 1 is 1.12 bits per heavy atom. The van der Waals surface area contributed by atoms with Gasteiger partial charge in [-0.2, -0.15) is 0 Å². The van der Waals surface area contributed by atoms with Crippen LogP contribution in [-0.2, 0) is 8.23 Å². The molecule has 1 unspecified atom stereocenters. The summed E-state index contributed by atoms with van der Waals surface area (Å²) in [6.45, 7) is 9.39. The minimum Gasteiger partial charge on any atom is -0.466 e. The first kappa shape index (κ1) is 19.1. The largest absolute Gasteiger partial charge is 0.466 e. The maximum Gasteiger partial charge on any atom is 0.159 e. The summed E-state index contributed by atoms with van der Waals surface area (Å²) in [6, 6.07) is 1.29. The van der Waals surface area contributed by atoms with E-state index in [1.165, 1.54) is 12.5 Å². The standard InChI is InChI=1S/C6H20N2OSi2.C2H10OSi2/c1-11(9-10)6-2-4-8-5-3-7;1-5(2)3-4/h8,11H,2-7H2,1,10H3;5H,1-2,4H3. The Morgan fingerprint density at radius 2 is 1.69 bits per heavy atom. The Labute approximate surface area is 110 Å². The third kappa shape index (κ3) is 20.2. The zero-order chi connectivity index (χ0) is 12.8. The van der Waals surface area contributed by atoms with Crippen molar-refractivity contribution in [1.29, 1.82) is 0 Å². The van der Waals surface area contributed by atoms with E-state index < -0.39 is 18.1 Å². The van der Waals surface area contributed by atoms with Crippen LogP contribution in [0.4, 0.5) is 0 Å². The average Bonchev–Trinajstić information content (AvgIpc) is 2.29. The van der Waals surface area contributed by atoms with Gasteiger partial charge in [0.2, 0.25) is 0 Å². The molecule has 0 spiro atoms. The summed E-state index contributed by atoms with van der Waals surface area (Å²) in [7, 11) is 0.519. The summed E-state index contributed by atoms with van der Waals surface area (Å²) < 4.78 is 10.4. The van der Waals surface area contributed by atoms with Gasteiger partial charge in [0.25, 0.3) is 0 Å². The van der Waals surface area contributed by atoms with Crippen LogP contribution in [0.15, 0.2) is 0 Å². The van der Waals surface area contributed by atoms with Gasteiger partial charge in [-0.25, -0.2) is 0 Å². The van der Waals surface area contributed by atoms with Gasteiger partial charge >= 0.3 is 0 Å². The fourth-order valence-corrected chi connectivity index (χ4v) is 2.58. The highest BCUT2D eigenvalue weighted by atomic mass is 28.3. The smallest absolute Gasteiger partial charge is 0.159 e. The van der Waals surface area contributed by atoms with Gasteiger partial charge in [0.1, 0.15) is 21.0 Å². The Kier molecular flexibility index (Phi) is 18.7. The number of hydrogen-bond donors (Lipinski definition) is 2. The molecule has 0 aromatic rings. The molecule has 0 aliphatic heterocycles. The lowest BCUT2D eigenvalue weighted by atomic mass is 10.5. The van der Waals surface area contributed by atoms with Gasteiger partial charge in [-0.15, -0.1) is 0 Å². The van der Waals surface area contributed by atoms with Crippen LogP contribution in [0.25, 0.3) is 0 Å². The van der Waals surface area contributed by atoms with Crippen molar-refractivity contribution >= 4 is 39.1 Å². The molecule has 0 aromatic carbocycles. The van der Waals surface area contributed by atoms with Gasteiger partial charge in [0.15, 0.2) is 18.1 Å². The van der Waals surface area contributed by atoms with E-state index in [4.69, 9.17) is 14.0 Å². The van der Waals surface area contributed by atoms with E-state index >= 15 is 0 Å². The van der Waals surface area contributed by atoms with Crippen molar-refractivity contribution in [1.82, 2.24) is 5.32 Å². The van der Waals surface area contributed by atoms with Crippen LogP contribution in [-0.4, -0.2) is 58.7 Å². The Hall–Kier alpha value is 0.708. The molecule has 0 amide bonds. The lowest BCUT2D eigenvalue weighted by molar-refractivity contribution is 0.615. The van der Waals surface area contributed by atoms with Crippen molar-refractivity contribution in [2.45, 2.75) is 32.1 Å². The molecule has 0 saturated heterocycles. The van der Waals surface area contributed by atoms with Crippen molar-refractivity contribution in [2.75, 3.05) is 19.6 Å². The monoisotopic (exact) mass is 298 g/mol. The Balaban J connectivity index is 0. The topological polar surface area (TPSA) is 56.5 Å². The van der Waals surface area contributed by atoms with E-state index in [2.05, 4.69) is 25.0 Å². The zero-order valence-corrected chi connectivity index (χ0v) is 17.9. The summed E-state index contributed by atoms with van der Waals surface area (Å²) in [5.74, 6) is 0. The molecule has 0 fully saturated rings. The van der Waals surface area contributed by atoms with E-state index in [0.717, 1.165) is 40.6 Å². The first-order chi connectivity index (χ1) is 7.58. The summed E-state index contributed by atoms with van der Waals surface area (Å²) in [4.78, 5) is 0. The highest BCUT2D eigenvalue weighted by Gasteiger charge is 1.99. The molecular weight excluding hydrogens is 268 g/mol. The van der Waals surface area contributed by atoms with E-state index in [1.807, 2.05) is 0 Å². The molecule has 0 saturated carbocycles. The first-order valence-electron chi connectivity index (χ1n) is 6.04. The third-order valence-electron chi connectivity index (χ3n) is 2.16. The second-order valence-electron chi connectivity index (χ2n) is 4.01. The minimum absolute atomic E-state index is 0.588. The van der Waals surface area contributed by atoms with Crippen molar-refractivity contribution in [3.63, 3.8) is 0 Å². The molecule has 0 radical (unpaired) electrons. The highest BCUT2D eigenvalue weighted by molar-refractivity contribution is 6.54. The molecule has 0 aliphatic rings. The third-order valence-corrected chi connectivity index (χ3v) is 10.4. The van der Waals surface area contributed by atoms with E-state index in [0.29, 0.717) is 0 Å². The van der Waals surface area contributed by atoms with Crippen LogP contribution in [0.3, 0.4) is 0 Å². The van der Waals surface area contributed by atoms with Crippen molar-refractivity contribution in [2.24, 2.45) is 5.73 Å². The minimum atomic E-state index is -0.742. The second-order valence-corrected chi connectivity index (χ2v) is 12.1. The molecule has 4 nitrogen and oxygen atoms in total. The Bertz CT molecular complexity index is 133. The zero-order valence-electron chi connectivity index (χ0n) is 11.6. The molecule has 1 atom stereocenters. The maximum absolute atomic E-state index is 5.38. The van der Waals surface area contributed by atoms with Crippen LogP contribution in [0, 0.1) is 0 Å². The van der Waals surface area contributed by atoms with Gasteiger partial charge in [-0.05, 0) is 38.7 Å². The lowest BCUT2D eigenvalue weighted by Crippen LogP contribution is -2.24. The molecule has 0 aliphatic carbocycles. The van der Waals surface area contributed by atoms with Crippen LogP contribution < -0.4 is 11.1 Å². The van der Waals surface area contributed by atoms with Gasteiger partial charge in [0.05, 0.1) is 0 Å². The van der Waals surface area contributed by atoms with Gasteiger partial charge in [-0.3, -0.25) is 0 Å². The summed E-state index contributed by atoms with van der Waals surface area (Å²) in [6.07, 6.45) is 1.25. The Morgan fingerprint density at radius 3 is 2.06 bits per heavy atom. The van der Waals surface area contributed by atoms with E-state index in [9.17, 15) is 0 Å². The van der Waals surface area contributed by atoms with Crippen molar-refractivity contribution in [3.05, 3.63) is 0 Å². The van der Waals surface area contributed by atoms with E-state index in [1.54, 1.807) is 0 Å². The number of hydrogen-bond acceptors (Lipinski definition) is 4. The molecular formula is C8H30N2O2Si4. The number of nitrogens with two attached hydrogens (primary N) is 1. The lowest BCUT2D eigenvalue weighted by Gasteiger charge is -2.07. The van der Waals surface area contributed by atoms with Crippen LogP contribution in [0.5, 0.6) is 0 Å². The molecule has 16 heavy (non-hydrogen) atoms. The van der Waals surface area contributed by atoms with Crippen LogP contribution >= 0.6 is 0 Å². The number of nitrogens with one attached hydrogen (secondary N) is 1. The molecule has 3 N–H and O–H groups in total. The molecule has 0 heterocycles. The summed E-state index contributed by atoms with van der Waals surface area (Å²) in [5, 5.41) is 3.27. The fraction of sp³-hybridized carbons (Fsp3) is 1.00. The molecule has 0 aromatic heterocycles. The van der Waals surface area contributed by atoms with Crippen LogP contribution in [0.1, 0.15) is 6.42 Å². The molecule has 0 bridgehead atoms. The van der Waals surface area contributed by atoms with E-state index in [-0.39, 0.29) is 0 Å². The normalized spacial score (nSPS) is 12.6. The van der Waals surface area contributed by atoms with Crippen molar-refractivity contribution in [3.8, 4) is 0 Å². The number of rotatable bonds is 8. The first-order valence-corrected chi connectivity index (χ1v) is 12.9. The molecule has 8 heteroatoms. The quantitative estimate of drug-likeness (QED) is 0.396. The fourth-order valence-electron chi connectivity index (χ4n) is 0.859. The van der Waals surface area contributed by atoms with Gasteiger partial charge in [-0.1, -0.05) is 0 Å². The predicted molar refractivity (Wildman–Crippen MR) is 85.3 cm³/mol. The van der Waals surface area contributed by atoms with Gasteiger partial charge in [0, 0.05) is 13.1 Å². The molecule has 0 rings (SSSR count). The second kappa shape index (κ2) is 15.7.